The van der Waals surface area contributed by atoms with Crippen LogP contribution >= 0.6 is 12.2 Å². The molecule has 0 fully saturated rings. The van der Waals surface area contributed by atoms with Gasteiger partial charge in [-0.3, -0.25) is 9.78 Å². The zero-order valence-corrected chi connectivity index (χ0v) is 9.37. The van der Waals surface area contributed by atoms with Gasteiger partial charge in [-0.2, -0.15) is 10.2 Å². The Morgan fingerprint density at radius 1 is 1.47 bits per heavy atom. The van der Waals surface area contributed by atoms with Crippen molar-refractivity contribution in [1.82, 2.24) is 24.5 Å². The third-order valence-corrected chi connectivity index (χ3v) is 2.58. The first-order chi connectivity index (χ1) is 7.31. The van der Waals surface area contributed by atoms with E-state index in [2.05, 4.69) is 22.2 Å². The Kier molecular flexibility index (Phi) is 2.96. The molecule has 15 heavy (non-hydrogen) atoms. The summed E-state index contributed by atoms with van der Waals surface area (Å²) in [6.07, 6.45) is 4.59. The molecule has 0 aliphatic heterocycles. The zero-order valence-electron chi connectivity index (χ0n) is 8.55. The molecule has 0 aliphatic rings. The van der Waals surface area contributed by atoms with Crippen molar-refractivity contribution in [2.24, 2.45) is 0 Å². The van der Waals surface area contributed by atoms with Gasteiger partial charge in [0.1, 0.15) is 5.82 Å². The number of nitrogens with zero attached hydrogens (tertiary/aromatic N) is 4. The SMILES string of the molecule is CCc1n[nH]c(=S)n1CCn1cccn1. The van der Waals surface area contributed by atoms with Crippen LogP contribution in [0.2, 0.25) is 0 Å². The Morgan fingerprint density at radius 2 is 2.33 bits per heavy atom. The van der Waals surface area contributed by atoms with Crippen LogP contribution in [0.1, 0.15) is 12.7 Å². The molecule has 0 aliphatic carbocycles. The molecule has 5 nitrogen and oxygen atoms in total. The molecular weight excluding hydrogens is 210 g/mol. The van der Waals surface area contributed by atoms with Gasteiger partial charge in [-0.1, -0.05) is 6.92 Å². The minimum absolute atomic E-state index is 0.680. The number of rotatable bonds is 4. The standard InChI is InChI=1S/C9H13N5S/c1-2-8-11-12-9(15)14(8)7-6-13-5-3-4-10-13/h3-5H,2,6-7H2,1H3,(H,12,15). The summed E-state index contributed by atoms with van der Waals surface area (Å²) in [6, 6.07) is 1.91. The molecule has 0 spiro atoms. The van der Waals surface area contributed by atoms with Crippen molar-refractivity contribution in [2.75, 3.05) is 0 Å². The fourth-order valence-electron chi connectivity index (χ4n) is 1.49. The summed E-state index contributed by atoms with van der Waals surface area (Å²) in [4.78, 5) is 0. The third kappa shape index (κ3) is 2.15. The van der Waals surface area contributed by atoms with E-state index < -0.39 is 0 Å². The normalized spacial score (nSPS) is 10.7. The fourth-order valence-corrected chi connectivity index (χ4v) is 1.73. The first-order valence-electron chi connectivity index (χ1n) is 4.92. The van der Waals surface area contributed by atoms with E-state index in [1.54, 1.807) is 6.20 Å². The van der Waals surface area contributed by atoms with Crippen molar-refractivity contribution >= 4 is 12.2 Å². The Morgan fingerprint density at radius 3 is 3.00 bits per heavy atom. The van der Waals surface area contributed by atoms with E-state index in [1.165, 1.54) is 0 Å². The predicted molar refractivity (Wildman–Crippen MR) is 59.0 cm³/mol. The number of H-pyrrole nitrogens is 1. The number of aryl methyl sites for hydroxylation is 2. The molecule has 1 N–H and O–H groups in total. The van der Waals surface area contributed by atoms with Crippen molar-refractivity contribution in [3.8, 4) is 0 Å². The second kappa shape index (κ2) is 4.39. The van der Waals surface area contributed by atoms with E-state index in [0.717, 1.165) is 25.3 Å². The van der Waals surface area contributed by atoms with Gasteiger partial charge in [0.15, 0.2) is 4.77 Å². The van der Waals surface area contributed by atoms with E-state index in [9.17, 15) is 0 Å². The van der Waals surface area contributed by atoms with E-state index in [-0.39, 0.29) is 0 Å². The molecule has 0 saturated heterocycles. The highest BCUT2D eigenvalue weighted by Crippen LogP contribution is 1.99. The molecule has 2 rings (SSSR count). The molecule has 0 bridgehead atoms. The number of aromatic amines is 1. The van der Waals surface area contributed by atoms with Crippen molar-refractivity contribution in [3.63, 3.8) is 0 Å². The average molecular weight is 223 g/mol. The summed E-state index contributed by atoms with van der Waals surface area (Å²) < 4.78 is 4.57. The first-order valence-corrected chi connectivity index (χ1v) is 5.33. The van der Waals surface area contributed by atoms with Crippen molar-refractivity contribution in [1.29, 1.82) is 0 Å². The minimum atomic E-state index is 0.680. The largest absolute Gasteiger partial charge is 0.302 e. The highest BCUT2D eigenvalue weighted by Gasteiger charge is 2.03. The highest BCUT2D eigenvalue weighted by molar-refractivity contribution is 7.71. The lowest BCUT2D eigenvalue weighted by Gasteiger charge is -2.05. The van der Waals surface area contributed by atoms with Crippen molar-refractivity contribution in [3.05, 3.63) is 29.1 Å². The van der Waals surface area contributed by atoms with Gasteiger partial charge < -0.3 is 4.57 Å². The van der Waals surface area contributed by atoms with Crippen molar-refractivity contribution in [2.45, 2.75) is 26.4 Å². The lowest BCUT2D eigenvalue weighted by atomic mass is 10.4. The van der Waals surface area contributed by atoms with Crippen LogP contribution in [0.25, 0.3) is 0 Å². The topological polar surface area (TPSA) is 51.4 Å². The average Bonchev–Trinajstić information content (AvgIpc) is 2.84. The van der Waals surface area contributed by atoms with E-state index in [0.29, 0.717) is 4.77 Å². The molecule has 0 atom stereocenters. The molecule has 6 heteroatoms. The number of nitrogens with one attached hydrogen (secondary N) is 1. The monoisotopic (exact) mass is 223 g/mol. The Balaban J connectivity index is 2.10. The molecule has 80 valence electrons. The molecule has 2 aromatic rings. The van der Waals surface area contributed by atoms with Gasteiger partial charge in [0, 0.05) is 25.4 Å². The maximum atomic E-state index is 5.15. The summed E-state index contributed by atoms with van der Waals surface area (Å²) in [5.74, 6) is 0.993. The molecule has 0 saturated carbocycles. The van der Waals surface area contributed by atoms with Crippen LogP contribution in [0.3, 0.4) is 0 Å². The van der Waals surface area contributed by atoms with Crippen LogP contribution in [0, 0.1) is 4.77 Å². The van der Waals surface area contributed by atoms with E-state index in [1.807, 2.05) is 21.5 Å². The van der Waals surface area contributed by atoms with Crippen LogP contribution in [0.4, 0.5) is 0 Å². The van der Waals surface area contributed by atoms with E-state index >= 15 is 0 Å². The summed E-state index contributed by atoms with van der Waals surface area (Å²) in [7, 11) is 0. The smallest absolute Gasteiger partial charge is 0.195 e. The van der Waals surface area contributed by atoms with Crippen LogP contribution in [0.15, 0.2) is 18.5 Å². The molecular formula is C9H13N5S. The molecule has 0 radical (unpaired) electrons. The number of hydrogen-bond acceptors (Lipinski definition) is 3. The molecule has 2 aromatic heterocycles. The Hall–Kier alpha value is -1.43. The quantitative estimate of drug-likeness (QED) is 0.797. The summed E-state index contributed by atoms with van der Waals surface area (Å²) in [6.45, 7) is 3.68. The van der Waals surface area contributed by atoms with E-state index in [4.69, 9.17) is 12.2 Å². The zero-order chi connectivity index (χ0) is 10.7. The lowest BCUT2D eigenvalue weighted by molar-refractivity contribution is 0.518. The Labute approximate surface area is 92.7 Å². The second-order valence-corrected chi connectivity index (χ2v) is 3.61. The summed E-state index contributed by atoms with van der Waals surface area (Å²) in [5.41, 5.74) is 0. The van der Waals surface area contributed by atoms with Gasteiger partial charge in [-0.25, -0.2) is 0 Å². The first kappa shape index (κ1) is 10.1. The van der Waals surface area contributed by atoms with Gasteiger partial charge in [0.25, 0.3) is 0 Å². The maximum absolute atomic E-state index is 5.15. The van der Waals surface area contributed by atoms with Crippen LogP contribution < -0.4 is 0 Å². The number of aromatic nitrogens is 5. The minimum Gasteiger partial charge on any atom is -0.302 e. The lowest BCUT2D eigenvalue weighted by Crippen LogP contribution is -2.10. The number of hydrogen-bond donors (Lipinski definition) is 1. The second-order valence-electron chi connectivity index (χ2n) is 3.22. The molecule has 0 aromatic carbocycles. The molecule has 0 amide bonds. The van der Waals surface area contributed by atoms with Gasteiger partial charge in [-0.15, -0.1) is 0 Å². The van der Waals surface area contributed by atoms with Gasteiger partial charge in [-0.05, 0) is 18.3 Å². The fraction of sp³-hybridized carbons (Fsp3) is 0.444. The maximum Gasteiger partial charge on any atom is 0.195 e. The summed E-state index contributed by atoms with van der Waals surface area (Å²) >= 11 is 5.15. The van der Waals surface area contributed by atoms with Crippen LogP contribution in [0.5, 0.6) is 0 Å². The predicted octanol–water partition coefficient (Wildman–Crippen LogP) is 1.40. The van der Waals surface area contributed by atoms with Crippen LogP contribution in [-0.2, 0) is 19.5 Å². The van der Waals surface area contributed by atoms with Crippen LogP contribution in [-0.4, -0.2) is 24.5 Å². The Bertz CT molecular complexity index is 467. The third-order valence-electron chi connectivity index (χ3n) is 2.27. The highest BCUT2D eigenvalue weighted by atomic mass is 32.1. The van der Waals surface area contributed by atoms with Gasteiger partial charge >= 0.3 is 0 Å². The van der Waals surface area contributed by atoms with Crippen molar-refractivity contribution < 1.29 is 0 Å². The summed E-state index contributed by atoms with van der Waals surface area (Å²) in [5, 5.41) is 11.1. The molecule has 2 heterocycles. The molecule has 0 unspecified atom stereocenters. The van der Waals surface area contributed by atoms with Gasteiger partial charge in [0.2, 0.25) is 0 Å². The van der Waals surface area contributed by atoms with Gasteiger partial charge in [0.05, 0.1) is 6.54 Å².